The zero-order chi connectivity index (χ0) is 20.7. The molecule has 2 aliphatic heterocycles. The Bertz CT molecular complexity index is 1110. The molecule has 2 aromatic carbocycles. The SMILES string of the molecule is Cn1cc(C(=O)N2C[C@@H](C(=O)N3CCCCC3)Oc3ccccc32)c2ccccc21. The zero-order valence-corrected chi connectivity index (χ0v) is 17.1. The number of amides is 2. The van der Waals surface area contributed by atoms with Crippen molar-refractivity contribution in [2.75, 3.05) is 24.5 Å². The van der Waals surface area contributed by atoms with E-state index in [-0.39, 0.29) is 18.4 Å². The van der Waals surface area contributed by atoms with E-state index in [0.717, 1.165) is 43.3 Å². The number of anilines is 1. The Labute approximate surface area is 175 Å². The van der Waals surface area contributed by atoms with Crippen LogP contribution in [0.15, 0.2) is 54.7 Å². The highest BCUT2D eigenvalue weighted by molar-refractivity contribution is 6.15. The van der Waals surface area contributed by atoms with E-state index in [1.165, 1.54) is 0 Å². The predicted molar refractivity (Wildman–Crippen MR) is 116 cm³/mol. The van der Waals surface area contributed by atoms with Crippen LogP contribution in [0.4, 0.5) is 5.69 Å². The first-order chi connectivity index (χ1) is 14.6. The van der Waals surface area contributed by atoms with E-state index in [0.29, 0.717) is 17.0 Å². The van der Waals surface area contributed by atoms with Crippen molar-refractivity contribution in [2.45, 2.75) is 25.4 Å². The number of hydrogen-bond acceptors (Lipinski definition) is 3. The molecule has 0 spiro atoms. The van der Waals surface area contributed by atoms with Gasteiger partial charge in [0.15, 0.2) is 6.10 Å². The van der Waals surface area contributed by atoms with Gasteiger partial charge in [0, 0.05) is 37.2 Å². The van der Waals surface area contributed by atoms with Gasteiger partial charge in [-0.2, -0.15) is 0 Å². The molecule has 1 aromatic heterocycles. The second-order valence-electron chi connectivity index (χ2n) is 8.05. The van der Waals surface area contributed by atoms with Crippen molar-refractivity contribution in [3.8, 4) is 5.75 Å². The lowest BCUT2D eigenvalue weighted by Gasteiger charge is -2.37. The molecule has 1 saturated heterocycles. The number of carbonyl (C=O) groups is 2. The lowest BCUT2D eigenvalue weighted by molar-refractivity contribution is -0.139. The van der Waals surface area contributed by atoms with Crippen LogP contribution < -0.4 is 9.64 Å². The first-order valence-corrected chi connectivity index (χ1v) is 10.5. The average Bonchev–Trinajstić information content (AvgIpc) is 3.14. The molecule has 1 fully saturated rings. The molecule has 5 rings (SSSR count). The van der Waals surface area contributed by atoms with E-state index in [1.54, 1.807) is 4.90 Å². The van der Waals surface area contributed by atoms with Crippen LogP contribution in [0.1, 0.15) is 29.6 Å². The van der Waals surface area contributed by atoms with Crippen molar-refractivity contribution in [1.29, 1.82) is 0 Å². The van der Waals surface area contributed by atoms with E-state index in [9.17, 15) is 9.59 Å². The van der Waals surface area contributed by atoms with Crippen molar-refractivity contribution in [2.24, 2.45) is 7.05 Å². The number of benzene rings is 2. The van der Waals surface area contributed by atoms with E-state index < -0.39 is 6.10 Å². The number of carbonyl (C=O) groups excluding carboxylic acids is 2. The Balaban J connectivity index is 1.51. The van der Waals surface area contributed by atoms with E-state index in [1.807, 2.05) is 71.2 Å². The molecule has 2 amide bonds. The molecule has 30 heavy (non-hydrogen) atoms. The quantitative estimate of drug-likeness (QED) is 0.657. The second kappa shape index (κ2) is 7.52. The van der Waals surface area contributed by atoms with Gasteiger partial charge in [-0.3, -0.25) is 9.59 Å². The largest absolute Gasteiger partial charge is 0.476 e. The molecular weight excluding hydrogens is 378 g/mol. The number of aromatic nitrogens is 1. The average molecular weight is 403 g/mol. The monoisotopic (exact) mass is 403 g/mol. The third kappa shape index (κ3) is 3.12. The van der Waals surface area contributed by atoms with Gasteiger partial charge in [0.1, 0.15) is 5.75 Å². The Kier molecular flexibility index (Phi) is 4.69. The van der Waals surface area contributed by atoms with E-state index in [2.05, 4.69) is 0 Å². The predicted octanol–water partition coefficient (Wildman–Crippen LogP) is 3.60. The van der Waals surface area contributed by atoms with Crippen LogP contribution >= 0.6 is 0 Å². The lowest BCUT2D eigenvalue weighted by atomic mass is 10.1. The number of ether oxygens (including phenoxy) is 1. The molecule has 6 nitrogen and oxygen atoms in total. The summed E-state index contributed by atoms with van der Waals surface area (Å²) in [6, 6.07) is 15.3. The van der Waals surface area contributed by atoms with Gasteiger partial charge in [-0.05, 0) is 37.5 Å². The second-order valence-corrected chi connectivity index (χ2v) is 8.05. The number of aryl methyl sites for hydroxylation is 1. The van der Waals surface area contributed by atoms with Crippen LogP contribution in [0.25, 0.3) is 10.9 Å². The third-order valence-electron chi connectivity index (χ3n) is 6.09. The fourth-order valence-corrected chi connectivity index (χ4v) is 4.53. The molecule has 0 aliphatic carbocycles. The number of piperidine rings is 1. The topological polar surface area (TPSA) is 54.8 Å². The number of nitrogens with zero attached hydrogens (tertiary/aromatic N) is 3. The summed E-state index contributed by atoms with van der Waals surface area (Å²) >= 11 is 0. The zero-order valence-electron chi connectivity index (χ0n) is 17.1. The summed E-state index contributed by atoms with van der Waals surface area (Å²) in [4.78, 5) is 30.4. The summed E-state index contributed by atoms with van der Waals surface area (Å²) in [5.74, 6) is 0.437. The molecule has 3 aromatic rings. The molecule has 154 valence electrons. The van der Waals surface area contributed by atoms with E-state index >= 15 is 0 Å². The molecule has 0 saturated carbocycles. The fourth-order valence-electron chi connectivity index (χ4n) is 4.53. The highest BCUT2D eigenvalue weighted by atomic mass is 16.5. The van der Waals surface area contributed by atoms with Crippen LogP contribution in [-0.4, -0.2) is 47.0 Å². The Morgan fingerprint density at radius 3 is 2.53 bits per heavy atom. The van der Waals surface area contributed by atoms with Crippen molar-refractivity contribution < 1.29 is 14.3 Å². The number of para-hydroxylation sites is 3. The molecule has 0 radical (unpaired) electrons. The van der Waals surface area contributed by atoms with Crippen molar-refractivity contribution in [3.05, 3.63) is 60.3 Å². The highest BCUT2D eigenvalue weighted by Gasteiger charge is 2.37. The van der Waals surface area contributed by atoms with Crippen LogP contribution in [0.3, 0.4) is 0 Å². The van der Waals surface area contributed by atoms with Gasteiger partial charge >= 0.3 is 0 Å². The number of fused-ring (bicyclic) bond motifs is 2. The first kappa shape index (κ1) is 18.7. The van der Waals surface area contributed by atoms with Crippen LogP contribution in [0.5, 0.6) is 5.75 Å². The first-order valence-electron chi connectivity index (χ1n) is 10.5. The molecule has 0 unspecified atom stereocenters. The summed E-state index contributed by atoms with van der Waals surface area (Å²) < 4.78 is 8.03. The molecule has 0 bridgehead atoms. The Morgan fingerprint density at radius 1 is 0.967 bits per heavy atom. The summed E-state index contributed by atoms with van der Waals surface area (Å²) in [7, 11) is 1.94. The lowest BCUT2D eigenvalue weighted by Crippen LogP contribution is -2.52. The van der Waals surface area contributed by atoms with Crippen LogP contribution in [0.2, 0.25) is 0 Å². The molecule has 1 atom stereocenters. The maximum atomic E-state index is 13.7. The molecule has 2 aliphatic rings. The fraction of sp³-hybridized carbons (Fsp3) is 0.333. The van der Waals surface area contributed by atoms with Gasteiger partial charge in [-0.25, -0.2) is 0 Å². The van der Waals surface area contributed by atoms with Gasteiger partial charge in [0.25, 0.3) is 11.8 Å². The normalized spacial score (nSPS) is 18.8. The van der Waals surface area contributed by atoms with Gasteiger partial charge < -0.3 is 19.1 Å². The number of hydrogen-bond donors (Lipinski definition) is 0. The summed E-state index contributed by atoms with van der Waals surface area (Å²) in [6.45, 7) is 1.74. The number of likely N-dealkylation sites (tertiary alicyclic amines) is 1. The summed E-state index contributed by atoms with van der Waals surface area (Å²) in [6.07, 6.45) is 4.38. The minimum atomic E-state index is -0.683. The standard InChI is InChI=1S/C24H25N3O3/c1-25-15-18(17-9-3-4-10-19(17)25)23(28)27-16-22(24(29)26-13-7-2-8-14-26)30-21-12-6-5-11-20(21)27/h3-6,9-12,15,22H,2,7-8,13-14,16H2,1H3/t22-/m0/s1. The van der Waals surface area contributed by atoms with E-state index in [4.69, 9.17) is 4.74 Å². The Hall–Kier alpha value is -3.28. The number of rotatable bonds is 2. The van der Waals surface area contributed by atoms with Gasteiger partial charge in [0.2, 0.25) is 0 Å². The molecule has 0 N–H and O–H groups in total. The highest BCUT2D eigenvalue weighted by Crippen LogP contribution is 2.35. The summed E-state index contributed by atoms with van der Waals surface area (Å²) in [5.41, 5.74) is 2.34. The maximum Gasteiger partial charge on any atom is 0.265 e. The van der Waals surface area contributed by atoms with Crippen molar-refractivity contribution >= 4 is 28.4 Å². The maximum absolute atomic E-state index is 13.7. The smallest absolute Gasteiger partial charge is 0.265 e. The third-order valence-corrected chi connectivity index (χ3v) is 6.09. The minimum Gasteiger partial charge on any atom is -0.476 e. The molecular formula is C24H25N3O3. The van der Waals surface area contributed by atoms with Crippen molar-refractivity contribution in [3.63, 3.8) is 0 Å². The van der Waals surface area contributed by atoms with Gasteiger partial charge in [-0.1, -0.05) is 30.3 Å². The van der Waals surface area contributed by atoms with Gasteiger partial charge in [0.05, 0.1) is 17.8 Å². The Morgan fingerprint density at radius 2 is 1.70 bits per heavy atom. The molecule has 6 heteroatoms. The molecule has 3 heterocycles. The van der Waals surface area contributed by atoms with Crippen LogP contribution in [0, 0.1) is 0 Å². The summed E-state index contributed by atoms with van der Waals surface area (Å²) in [5, 5.41) is 0.910. The van der Waals surface area contributed by atoms with Crippen LogP contribution in [-0.2, 0) is 11.8 Å². The minimum absolute atomic E-state index is 0.0278. The van der Waals surface area contributed by atoms with Crippen molar-refractivity contribution in [1.82, 2.24) is 9.47 Å². The van der Waals surface area contributed by atoms with Gasteiger partial charge in [-0.15, -0.1) is 0 Å².